The van der Waals surface area contributed by atoms with E-state index in [9.17, 15) is 21.6 Å². The number of anilines is 1. The summed E-state index contributed by atoms with van der Waals surface area (Å²) in [5.74, 6) is 0. The van der Waals surface area contributed by atoms with E-state index >= 15 is 0 Å². The van der Waals surface area contributed by atoms with Crippen LogP contribution in [0.4, 0.5) is 18.9 Å². The second kappa shape index (κ2) is 7.67. The van der Waals surface area contributed by atoms with Crippen LogP contribution in [0.1, 0.15) is 5.56 Å². The molecule has 116 valence electrons. The summed E-state index contributed by atoms with van der Waals surface area (Å²) < 4.78 is 61.3. The molecule has 0 radical (unpaired) electrons. The molecule has 0 saturated heterocycles. The van der Waals surface area contributed by atoms with Crippen LogP contribution in [0.5, 0.6) is 0 Å². The normalized spacial score (nSPS) is 11.9. The molecule has 0 aliphatic rings. The van der Waals surface area contributed by atoms with Gasteiger partial charge < -0.3 is 5.73 Å². The number of hydrogen-bond donors (Lipinski definition) is 3. The van der Waals surface area contributed by atoms with E-state index < -0.39 is 22.9 Å². The van der Waals surface area contributed by atoms with E-state index in [-0.39, 0.29) is 19.0 Å². The van der Waals surface area contributed by atoms with E-state index in [1.807, 2.05) is 4.72 Å². The fourth-order valence-corrected chi connectivity index (χ4v) is 2.07. The first-order valence-electron chi connectivity index (χ1n) is 5.33. The number of hydrogen-bond acceptors (Lipinski definition) is 3. The molecule has 0 aliphatic heterocycles. The van der Waals surface area contributed by atoms with E-state index in [0.29, 0.717) is 12.1 Å². The third-order valence-electron chi connectivity index (χ3n) is 2.15. The monoisotopic (exact) mass is 333 g/mol. The molecule has 0 saturated carbocycles. The first-order chi connectivity index (χ1) is 8.68. The zero-order valence-electron chi connectivity index (χ0n) is 10.3. The Morgan fingerprint density at radius 3 is 2.15 bits per heavy atom. The highest BCUT2D eigenvalue weighted by Crippen LogP contribution is 2.12. The van der Waals surface area contributed by atoms with Crippen molar-refractivity contribution < 1.29 is 21.6 Å². The van der Waals surface area contributed by atoms with Crippen LogP contribution in [0, 0.1) is 0 Å². The maximum absolute atomic E-state index is 11.8. The fourth-order valence-electron chi connectivity index (χ4n) is 1.24. The predicted molar refractivity (Wildman–Crippen MR) is 72.8 cm³/mol. The Bertz CT molecular complexity index is 505. The Kier molecular flexibility index (Phi) is 7.28. The maximum atomic E-state index is 11.8. The minimum absolute atomic E-state index is 0. The lowest BCUT2D eigenvalue weighted by Crippen LogP contribution is -2.42. The summed E-state index contributed by atoms with van der Waals surface area (Å²) in [6.45, 7) is -1.60. The Labute approximate surface area is 121 Å². The van der Waals surface area contributed by atoms with E-state index in [4.69, 9.17) is 5.73 Å². The van der Waals surface area contributed by atoms with E-state index in [0.717, 1.165) is 5.56 Å². The van der Waals surface area contributed by atoms with Crippen molar-refractivity contribution in [3.8, 4) is 0 Å². The highest BCUT2D eigenvalue weighted by Gasteiger charge is 2.29. The molecular weight excluding hydrogens is 319 g/mol. The Morgan fingerprint density at radius 1 is 1.10 bits per heavy atom. The molecule has 0 heterocycles. The summed E-state index contributed by atoms with van der Waals surface area (Å²) in [4.78, 5) is 0. The van der Waals surface area contributed by atoms with Gasteiger partial charge in [0.1, 0.15) is 6.54 Å². The van der Waals surface area contributed by atoms with Gasteiger partial charge in [0.2, 0.25) is 0 Å². The molecule has 1 rings (SSSR count). The lowest BCUT2D eigenvalue weighted by atomic mass is 10.1. The van der Waals surface area contributed by atoms with Gasteiger partial charge in [0.25, 0.3) is 10.2 Å². The van der Waals surface area contributed by atoms with Crippen LogP contribution in [0.15, 0.2) is 24.3 Å². The second-order valence-electron chi connectivity index (χ2n) is 3.83. The van der Waals surface area contributed by atoms with Gasteiger partial charge in [-0.25, -0.2) is 4.72 Å². The van der Waals surface area contributed by atoms with Crippen LogP contribution in [0.3, 0.4) is 0 Å². The molecule has 0 atom stereocenters. The van der Waals surface area contributed by atoms with Gasteiger partial charge >= 0.3 is 6.18 Å². The number of rotatable bonds is 6. The van der Waals surface area contributed by atoms with Crippen molar-refractivity contribution in [3.05, 3.63) is 29.8 Å². The number of nitrogen functional groups attached to an aromatic ring is 1. The number of halogens is 4. The summed E-state index contributed by atoms with van der Waals surface area (Å²) in [7, 11) is -4.14. The van der Waals surface area contributed by atoms with E-state index in [1.165, 1.54) is 4.72 Å². The summed E-state index contributed by atoms with van der Waals surface area (Å²) in [6, 6.07) is 6.75. The van der Waals surface area contributed by atoms with Crippen LogP contribution in [0.25, 0.3) is 0 Å². The van der Waals surface area contributed by atoms with Gasteiger partial charge in [-0.2, -0.15) is 26.3 Å². The van der Waals surface area contributed by atoms with Gasteiger partial charge in [-0.15, -0.1) is 12.4 Å². The zero-order valence-corrected chi connectivity index (χ0v) is 11.9. The molecule has 0 aromatic heterocycles. The summed E-state index contributed by atoms with van der Waals surface area (Å²) >= 11 is 0. The van der Waals surface area contributed by atoms with Gasteiger partial charge in [0.15, 0.2) is 0 Å². The first kappa shape index (κ1) is 19.0. The van der Waals surface area contributed by atoms with Crippen molar-refractivity contribution in [2.24, 2.45) is 0 Å². The molecule has 20 heavy (non-hydrogen) atoms. The standard InChI is InChI=1S/C10H14F3N3O2S.ClH/c11-10(12,13)7-16-19(17,18)15-6-5-8-1-3-9(14)4-2-8;/h1-4,15-16H,5-7,14H2;1H. The van der Waals surface area contributed by atoms with Gasteiger partial charge in [-0.3, -0.25) is 0 Å². The van der Waals surface area contributed by atoms with Crippen LogP contribution in [-0.4, -0.2) is 27.7 Å². The zero-order chi connectivity index (χ0) is 14.5. The molecule has 0 bridgehead atoms. The van der Waals surface area contributed by atoms with Gasteiger partial charge in [0, 0.05) is 12.2 Å². The van der Waals surface area contributed by atoms with Crippen molar-refractivity contribution in [1.82, 2.24) is 9.44 Å². The van der Waals surface area contributed by atoms with Crippen molar-refractivity contribution in [2.45, 2.75) is 12.6 Å². The van der Waals surface area contributed by atoms with Crippen molar-refractivity contribution in [2.75, 3.05) is 18.8 Å². The van der Waals surface area contributed by atoms with Crippen LogP contribution >= 0.6 is 12.4 Å². The number of nitrogens with two attached hydrogens (primary N) is 1. The predicted octanol–water partition coefficient (Wildman–Crippen LogP) is 1.22. The minimum Gasteiger partial charge on any atom is -0.399 e. The fraction of sp³-hybridized carbons (Fsp3) is 0.400. The van der Waals surface area contributed by atoms with Crippen LogP contribution in [-0.2, 0) is 16.6 Å². The number of nitrogens with one attached hydrogen (secondary N) is 2. The minimum atomic E-state index is -4.58. The Balaban J connectivity index is 0.00000361. The van der Waals surface area contributed by atoms with E-state index in [1.54, 1.807) is 24.3 Å². The molecule has 0 spiro atoms. The maximum Gasteiger partial charge on any atom is 0.402 e. The lowest BCUT2D eigenvalue weighted by Gasteiger charge is -2.10. The summed E-state index contributed by atoms with van der Waals surface area (Å²) in [6.07, 6.45) is -4.22. The molecule has 10 heteroatoms. The number of alkyl halides is 3. The highest BCUT2D eigenvalue weighted by molar-refractivity contribution is 7.87. The first-order valence-corrected chi connectivity index (χ1v) is 6.82. The third-order valence-corrected chi connectivity index (χ3v) is 3.26. The molecule has 5 nitrogen and oxygen atoms in total. The quantitative estimate of drug-likeness (QED) is 0.684. The largest absolute Gasteiger partial charge is 0.402 e. The molecule has 1 aromatic carbocycles. The summed E-state index contributed by atoms with van der Waals surface area (Å²) in [5, 5.41) is 0. The van der Waals surface area contributed by atoms with Gasteiger partial charge in [0.05, 0.1) is 0 Å². The van der Waals surface area contributed by atoms with Crippen molar-refractivity contribution in [3.63, 3.8) is 0 Å². The van der Waals surface area contributed by atoms with Crippen LogP contribution in [0.2, 0.25) is 0 Å². The van der Waals surface area contributed by atoms with Crippen LogP contribution < -0.4 is 15.2 Å². The average Bonchev–Trinajstić information content (AvgIpc) is 2.29. The molecule has 1 aromatic rings. The topological polar surface area (TPSA) is 84.2 Å². The molecular formula is C10H15ClF3N3O2S. The molecule has 4 N–H and O–H groups in total. The smallest absolute Gasteiger partial charge is 0.399 e. The third kappa shape index (κ3) is 8.20. The van der Waals surface area contributed by atoms with Crippen molar-refractivity contribution in [1.29, 1.82) is 0 Å². The van der Waals surface area contributed by atoms with Gasteiger partial charge in [-0.05, 0) is 24.1 Å². The molecule has 0 unspecified atom stereocenters. The second-order valence-corrected chi connectivity index (χ2v) is 5.41. The molecule has 0 fully saturated rings. The van der Waals surface area contributed by atoms with Crippen molar-refractivity contribution >= 4 is 28.3 Å². The Hall–Kier alpha value is -1.03. The molecule has 0 amide bonds. The average molecular weight is 334 g/mol. The Morgan fingerprint density at radius 2 is 1.65 bits per heavy atom. The van der Waals surface area contributed by atoms with Gasteiger partial charge in [-0.1, -0.05) is 12.1 Å². The molecule has 0 aliphatic carbocycles. The number of benzene rings is 1. The van der Waals surface area contributed by atoms with E-state index in [2.05, 4.69) is 0 Å². The highest BCUT2D eigenvalue weighted by atomic mass is 35.5. The lowest BCUT2D eigenvalue weighted by molar-refractivity contribution is -0.121. The SMILES string of the molecule is Cl.Nc1ccc(CCNS(=O)(=O)NCC(F)(F)F)cc1. The summed E-state index contributed by atoms with van der Waals surface area (Å²) in [5.41, 5.74) is 6.88.